The lowest BCUT2D eigenvalue weighted by atomic mass is 9.43. The molecule has 2 bridgehead atoms. The Morgan fingerprint density at radius 2 is 1.50 bits per heavy atom. The van der Waals surface area contributed by atoms with E-state index in [1.54, 1.807) is 20.8 Å². The van der Waals surface area contributed by atoms with Gasteiger partial charge in [-0.25, -0.2) is 4.79 Å². The average Bonchev–Trinajstić information content (AvgIpc) is 2.83. The molecule has 3 aliphatic carbocycles. The number of fused-ring (bicyclic) bond motifs is 2. The second-order valence-corrected chi connectivity index (χ2v) is 15.7. The Balaban J connectivity index is 1.84. The average molecular weight is 661 g/mol. The zero-order chi connectivity index (χ0) is 33.9. The van der Waals surface area contributed by atoms with Crippen LogP contribution in [0.2, 0.25) is 0 Å². The van der Waals surface area contributed by atoms with Gasteiger partial charge in [-0.3, -0.25) is 4.18 Å². The number of aliphatic hydroxyl groups is 1. The number of hydrogen-bond acceptors (Lipinski definition) is 7. The van der Waals surface area contributed by atoms with E-state index in [1.165, 1.54) is 20.8 Å². The summed E-state index contributed by atoms with van der Waals surface area (Å²) in [6.07, 6.45) is -14.1. The van der Waals surface area contributed by atoms with Crippen molar-refractivity contribution in [3.05, 3.63) is 35.4 Å². The monoisotopic (exact) mass is 660 g/mol. The molecule has 6 atom stereocenters. The van der Waals surface area contributed by atoms with E-state index in [0.717, 1.165) is 18.6 Å². The second kappa shape index (κ2) is 11.6. The first kappa shape index (κ1) is 36.4. The quantitative estimate of drug-likeness (QED) is 0.164. The molecule has 252 valence electrons. The molecule has 1 N–H and O–H groups in total. The number of benzene rings is 1. The fourth-order valence-corrected chi connectivity index (χ4v) is 8.32. The molecule has 0 heterocycles. The van der Waals surface area contributed by atoms with E-state index >= 15 is 0 Å². The summed E-state index contributed by atoms with van der Waals surface area (Å²) in [6.45, 7) is 12.6. The third-order valence-electron chi connectivity index (χ3n) is 9.37. The molecule has 0 saturated heterocycles. The molecule has 7 nitrogen and oxygen atoms in total. The SMILES string of the molecule is CCC(CC(C)c1ccc(C(OC(=O)OC(C)(C)C)(C(F)(F)F)C(F)(F)F)cc1)S(=O)(=O)OC1CC2CC(C2(C)C)C1(C)O. The lowest BCUT2D eigenvalue weighted by molar-refractivity contribution is -0.377. The Bertz CT molecular complexity index is 1280. The van der Waals surface area contributed by atoms with Gasteiger partial charge < -0.3 is 14.6 Å². The van der Waals surface area contributed by atoms with E-state index in [4.69, 9.17) is 4.18 Å². The largest absolute Gasteiger partial charge is 0.510 e. The number of carbonyl (C=O) groups is 1. The van der Waals surface area contributed by atoms with Gasteiger partial charge in [0.15, 0.2) is 0 Å². The van der Waals surface area contributed by atoms with E-state index in [9.17, 15) is 44.7 Å². The van der Waals surface area contributed by atoms with Crippen molar-refractivity contribution in [2.45, 2.75) is 128 Å². The summed E-state index contributed by atoms with van der Waals surface area (Å²) in [7, 11) is -4.21. The summed E-state index contributed by atoms with van der Waals surface area (Å²) in [6, 6.07) is 3.12. The first-order chi connectivity index (χ1) is 19.7. The van der Waals surface area contributed by atoms with Crippen molar-refractivity contribution >= 4 is 16.3 Å². The van der Waals surface area contributed by atoms with Crippen molar-refractivity contribution in [2.24, 2.45) is 17.3 Å². The van der Waals surface area contributed by atoms with Crippen LogP contribution in [0.1, 0.15) is 98.1 Å². The van der Waals surface area contributed by atoms with Gasteiger partial charge in [0.05, 0.1) is 10.9 Å². The summed E-state index contributed by atoms with van der Waals surface area (Å²) >= 11 is 0. The summed E-state index contributed by atoms with van der Waals surface area (Å²) in [5, 5.41) is 10.1. The van der Waals surface area contributed by atoms with Crippen LogP contribution in [-0.4, -0.2) is 54.6 Å². The van der Waals surface area contributed by atoms with Gasteiger partial charge in [-0.1, -0.05) is 52.0 Å². The second-order valence-electron chi connectivity index (χ2n) is 13.9. The van der Waals surface area contributed by atoms with Crippen LogP contribution >= 0.6 is 0 Å². The molecular weight excluding hydrogens is 618 g/mol. The highest BCUT2D eigenvalue weighted by molar-refractivity contribution is 7.87. The van der Waals surface area contributed by atoms with Crippen LogP contribution < -0.4 is 0 Å². The third kappa shape index (κ3) is 6.72. The number of ether oxygens (including phenoxy) is 2. The Morgan fingerprint density at radius 1 is 0.977 bits per heavy atom. The maximum atomic E-state index is 14.1. The van der Waals surface area contributed by atoms with E-state index in [2.05, 4.69) is 9.47 Å². The molecule has 0 spiro atoms. The number of rotatable bonds is 9. The van der Waals surface area contributed by atoms with Crippen LogP contribution in [0.4, 0.5) is 31.1 Å². The molecule has 4 rings (SSSR count). The van der Waals surface area contributed by atoms with Gasteiger partial charge >= 0.3 is 24.1 Å². The fraction of sp³-hybridized carbons (Fsp3) is 0.767. The van der Waals surface area contributed by atoms with Crippen LogP contribution in [0.25, 0.3) is 0 Å². The van der Waals surface area contributed by atoms with Crippen LogP contribution in [-0.2, 0) is 29.4 Å². The van der Waals surface area contributed by atoms with Gasteiger partial charge in [0, 0.05) is 5.56 Å². The van der Waals surface area contributed by atoms with E-state index in [-0.39, 0.29) is 35.7 Å². The maximum absolute atomic E-state index is 14.1. The number of halogens is 6. The summed E-state index contributed by atoms with van der Waals surface area (Å²) in [5.41, 5.74) is -9.10. The molecule has 3 saturated carbocycles. The van der Waals surface area contributed by atoms with Crippen molar-refractivity contribution in [3.8, 4) is 0 Å². The molecule has 0 aliphatic heterocycles. The topological polar surface area (TPSA) is 99.1 Å². The molecular formula is C30H42F6O7S. The van der Waals surface area contributed by atoms with E-state index in [1.807, 2.05) is 13.8 Å². The molecule has 1 aromatic carbocycles. The van der Waals surface area contributed by atoms with Gasteiger partial charge in [-0.2, -0.15) is 34.8 Å². The molecule has 0 radical (unpaired) electrons. The Hall–Kier alpha value is -2.06. The minimum atomic E-state index is -6.11. The van der Waals surface area contributed by atoms with Crippen LogP contribution in [0.3, 0.4) is 0 Å². The summed E-state index contributed by atoms with van der Waals surface area (Å²) in [5.74, 6) is -0.568. The maximum Gasteiger partial charge on any atom is 0.510 e. The van der Waals surface area contributed by atoms with Gasteiger partial charge in [0.1, 0.15) is 11.7 Å². The minimum absolute atomic E-state index is 0.0521. The standard InChI is InChI=1S/C30H42F6O7S/c1-9-21(44(39,40)43-23-16-20-15-22(26(20,6)7)27(23,8)38)14-17(2)18-10-12-19(13-11-18)28(29(31,32)33,30(34,35)36)42-24(37)41-25(3,4)5/h10-13,17,20-23,38H,9,14-16H2,1-8H3. The molecule has 14 heteroatoms. The van der Waals surface area contributed by atoms with Gasteiger partial charge in [0.2, 0.25) is 0 Å². The molecule has 0 amide bonds. The van der Waals surface area contributed by atoms with Crippen LogP contribution in [0, 0.1) is 17.3 Å². The molecule has 3 fully saturated rings. The minimum Gasteiger partial charge on any atom is -0.429 e. The Labute approximate surface area is 254 Å². The van der Waals surface area contributed by atoms with Gasteiger partial charge in [-0.15, -0.1) is 0 Å². The number of alkyl halides is 6. The highest BCUT2D eigenvalue weighted by atomic mass is 32.2. The first-order valence-electron chi connectivity index (χ1n) is 14.5. The van der Waals surface area contributed by atoms with Crippen molar-refractivity contribution < 1.29 is 58.3 Å². The van der Waals surface area contributed by atoms with Gasteiger partial charge in [0.25, 0.3) is 10.1 Å². The molecule has 0 aromatic heterocycles. The Kier molecular flexibility index (Phi) is 9.62. The summed E-state index contributed by atoms with van der Waals surface area (Å²) < 4.78 is 126. The smallest absolute Gasteiger partial charge is 0.429 e. The predicted octanol–water partition coefficient (Wildman–Crippen LogP) is 7.76. The molecule has 6 unspecified atom stereocenters. The molecule has 1 aromatic rings. The van der Waals surface area contributed by atoms with E-state index in [0.29, 0.717) is 18.6 Å². The highest BCUT2D eigenvalue weighted by Gasteiger charge is 2.76. The van der Waals surface area contributed by atoms with Crippen LogP contribution in [0.5, 0.6) is 0 Å². The zero-order valence-electron chi connectivity index (χ0n) is 26.1. The van der Waals surface area contributed by atoms with Gasteiger partial charge in [-0.05, 0) is 82.1 Å². The fourth-order valence-electron chi connectivity index (χ4n) is 6.63. The normalized spacial score (nSPS) is 27.2. The Morgan fingerprint density at radius 3 is 1.91 bits per heavy atom. The van der Waals surface area contributed by atoms with E-state index < -0.39 is 68.3 Å². The van der Waals surface area contributed by atoms with Crippen LogP contribution in [0.15, 0.2) is 24.3 Å². The van der Waals surface area contributed by atoms with Crippen molar-refractivity contribution in [1.29, 1.82) is 0 Å². The number of hydrogen-bond donors (Lipinski definition) is 1. The summed E-state index contributed by atoms with van der Waals surface area (Å²) in [4.78, 5) is 12.1. The lowest BCUT2D eigenvalue weighted by Crippen LogP contribution is -2.67. The van der Waals surface area contributed by atoms with Crippen molar-refractivity contribution in [3.63, 3.8) is 0 Å². The molecule has 3 aliphatic rings. The first-order valence-corrected chi connectivity index (χ1v) is 16.0. The van der Waals surface area contributed by atoms with Crippen molar-refractivity contribution in [1.82, 2.24) is 0 Å². The number of carbonyl (C=O) groups excluding carboxylic acids is 1. The highest BCUT2D eigenvalue weighted by Crippen LogP contribution is 2.63. The lowest BCUT2D eigenvalue weighted by Gasteiger charge is -2.64. The predicted molar refractivity (Wildman–Crippen MR) is 149 cm³/mol. The molecule has 44 heavy (non-hydrogen) atoms. The van der Waals surface area contributed by atoms with Crippen molar-refractivity contribution in [2.75, 3.05) is 0 Å². The zero-order valence-corrected chi connectivity index (χ0v) is 26.9. The third-order valence-corrected chi connectivity index (χ3v) is 11.2.